The maximum absolute atomic E-state index is 10.9. The highest BCUT2D eigenvalue weighted by Gasteiger charge is 2.56. The minimum atomic E-state index is -1.32. The molecule has 1 heterocycles. The summed E-state index contributed by atoms with van der Waals surface area (Å²) >= 11 is 0. The van der Waals surface area contributed by atoms with Gasteiger partial charge in [-0.25, -0.2) is 0 Å². The summed E-state index contributed by atoms with van der Waals surface area (Å²) in [6.45, 7) is 2.79. The predicted molar refractivity (Wildman–Crippen MR) is 47.2 cm³/mol. The Balaban J connectivity index is 2.72. The van der Waals surface area contributed by atoms with E-state index in [0.29, 0.717) is 0 Å². The summed E-state index contributed by atoms with van der Waals surface area (Å²) in [5.74, 6) is -0.604. The van der Waals surface area contributed by atoms with Crippen molar-refractivity contribution < 1.29 is 19.6 Å². The van der Waals surface area contributed by atoms with Crippen LogP contribution in [0, 0.1) is 26.1 Å². The van der Waals surface area contributed by atoms with Crippen molar-refractivity contribution >= 4 is 0 Å². The molecule has 1 aliphatic rings. The third-order valence-corrected chi connectivity index (χ3v) is 2.97. The number of ether oxygens (including phenoxy) is 1. The second-order valence-electron chi connectivity index (χ2n) is 3.67. The minimum Gasteiger partial charge on any atom is -0.370 e. The number of rotatable bonds is 4. The lowest BCUT2D eigenvalue weighted by Crippen LogP contribution is -2.48. The Kier molecular flexibility index (Phi) is 3.08. The number of nitro groups is 1. The normalized spacial score (nSPS) is 35.1. The third-order valence-electron chi connectivity index (χ3n) is 2.97. The average Bonchev–Trinajstić information content (AvgIpc) is 2.42. The van der Waals surface area contributed by atoms with Crippen LogP contribution in [-0.2, 0) is 9.57 Å². The van der Waals surface area contributed by atoms with Gasteiger partial charge in [-0.15, -0.1) is 10.1 Å². The third kappa shape index (κ3) is 1.99. The maximum atomic E-state index is 10.9. The van der Waals surface area contributed by atoms with Crippen molar-refractivity contribution in [1.82, 2.24) is 0 Å². The van der Waals surface area contributed by atoms with Crippen molar-refractivity contribution in [2.75, 3.05) is 13.2 Å². The Hall–Kier alpha value is -1.44. The van der Waals surface area contributed by atoms with Crippen LogP contribution in [0.5, 0.6) is 0 Å². The zero-order valence-corrected chi connectivity index (χ0v) is 8.41. The largest absolute Gasteiger partial charge is 0.370 e. The maximum Gasteiger partial charge on any atom is 0.294 e. The first-order chi connectivity index (χ1) is 6.89. The van der Waals surface area contributed by atoms with Gasteiger partial charge in [0.25, 0.3) is 10.6 Å². The first-order valence-electron chi connectivity index (χ1n) is 4.42. The van der Waals surface area contributed by atoms with Crippen LogP contribution in [0.15, 0.2) is 0 Å². The molecule has 0 aliphatic carbocycles. The SMILES string of the molecule is C[C@H]1OC[C@H](CO[N+](=O)[O-])[C@]1(C)[N+](=O)[O-]. The molecule has 3 atom stereocenters. The summed E-state index contributed by atoms with van der Waals surface area (Å²) in [4.78, 5) is 24.6. The topological polar surface area (TPSA) is 105 Å². The molecule has 0 aromatic heterocycles. The van der Waals surface area contributed by atoms with E-state index in [1.165, 1.54) is 6.92 Å². The molecule has 1 rings (SSSR count). The number of hydrogen-bond acceptors (Lipinski definition) is 6. The Morgan fingerprint density at radius 3 is 2.60 bits per heavy atom. The molecule has 0 amide bonds. The second-order valence-corrected chi connectivity index (χ2v) is 3.67. The van der Waals surface area contributed by atoms with Gasteiger partial charge in [0.2, 0.25) is 0 Å². The highest BCUT2D eigenvalue weighted by Crippen LogP contribution is 2.34. The van der Waals surface area contributed by atoms with Crippen LogP contribution in [0.2, 0.25) is 0 Å². The Labute approximate surface area is 85.4 Å². The van der Waals surface area contributed by atoms with E-state index in [2.05, 4.69) is 4.84 Å². The molecule has 0 saturated carbocycles. The van der Waals surface area contributed by atoms with Crippen LogP contribution in [0.1, 0.15) is 13.8 Å². The van der Waals surface area contributed by atoms with Crippen molar-refractivity contribution in [3.8, 4) is 0 Å². The zero-order chi connectivity index (χ0) is 11.6. The van der Waals surface area contributed by atoms with Crippen LogP contribution >= 0.6 is 0 Å². The molecule has 86 valence electrons. The Morgan fingerprint density at radius 2 is 2.13 bits per heavy atom. The standard InChI is InChI=1S/C7H12N2O6/c1-5-7(2,8(10)11)6(3-14-5)4-15-9(12)13/h5-6H,3-4H2,1-2H3/t5-,6-,7-/m1/s1. The van der Waals surface area contributed by atoms with Gasteiger partial charge >= 0.3 is 0 Å². The molecule has 8 heteroatoms. The molecule has 0 bridgehead atoms. The van der Waals surface area contributed by atoms with E-state index in [1.807, 2.05) is 0 Å². The van der Waals surface area contributed by atoms with Crippen molar-refractivity contribution in [3.63, 3.8) is 0 Å². The molecule has 15 heavy (non-hydrogen) atoms. The molecule has 8 nitrogen and oxygen atoms in total. The van der Waals surface area contributed by atoms with Crippen LogP contribution in [0.25, 0.3) is 0 Å². The fourth-order valence-corrected chi connectivity index (χ4v) is 1.60. The van der Waals surface area contributed by atoms with Crippen LogP contribution in [0.4, 0.5) is 0 Å². The summed E-state index contributed by atoms with van der Waals surface area (Å²) in [6, 6.07) is 0. The minimum absolute atomic E-state index is 0.104. The lowest BCUT2D eigenvalue weighted by Gasteiger charge is -2.23. The van der Waals surface area contributed by atoms with Gasteiger partial charge in [0.05, 0.1) is 12.5 Å². The summed E-state index contributed by atoms with van der Waals surface area (Å²) in [5.41, 5.74) is -1.32. The lowest BCUT2D eigenvalue weighted by atomic mass is 9.85. The van der Waals surface area contributed by atoms with E-state index in [9.17, 15) is 20.2 Å². The number of hydrogen-bond donors (Lipinski definition) is 0. The van der Waals surface area contributed by atoms with Crippen molar-refractivity contribution in [3.05, 3.63) is 20.2 Å². The van der Waals surface area contributed by atoms with Gasteiger partial charge in [-0.1, -0.05) is 0 Å². The van der Waals surface area contributed by atoms with Gasteiger partial charge < -0.3 is 9.57 Å². The Morgan fingerprint density at radius 1 is 1.53 bits per heavy atom. The van der Waals surface area contributed by atoms with Crippen LogP contribution < -0.4 is 0 Å². The van der Waals surface area contributed by atoms with Gasteiger partial charge in [-0.05, 0) is 6.92 Å². The van der Waals surface area contributed by atoms with E-state index < -0.39 is 27.6 Å². The Bertz CT molecular complexity index is 283. The van der Waals surface area contributed by atoms with E-state index in [0.717, 1.165) is 0 Å². The van der Waals surface area contributed by atoms with Crippen molar-refractivity contribution in [2.24, 2.45) is 5.92 Å². The fourth-order valence-electron chi connectivity index (χ4n) is 1.60. The quantitative estimate of drug-likeness (QED) is 0.497. The molecule has 0 spiro atoms. The van der Waals surface area contributed by atoms with E-state index >= 15 is 0 Å². The van der Waals surface area contributed by atoms with Crippen molar-refractivity contribution in [1.29, 1.82) is 0 Å². The average molecular weight is 220 g/mol. The van der Waals surface area contributed by atoms with Crippen LogP contribution in [-0.4, -0.2) is 34.9 Å². The molecule has 0 aromatic rings. The lowest BCUT2D eigenvalue weighted by molar-refractivity contribution is -0.761. The monoisotopic (exact) mass is 220 g/mol. The molecular formula is C7H12N2O6. The van der Waals surface area contributed by atoms with Gasteiger partial charge in [0.15, 0.2) is 0 Å². The first-order valence-corrected chi connectivity index (χ1v) is 4.42. The van der Waals surface area contributed by atoms with Crippen molar-refractivity contribution in [2.45, 2.75) is 25.5 Å². The molecule has 0 N–H and O–H groups in total. The molecule has 1 saturated heterocycles. The molecule has 1 fully saturated rings. The second kappa shape index (κ2) is 3.97. The van der Waals surface area contributed by atoms with E-state index in [1.54, 1.807) is 6.92 Å². The number of nitrogens with zero attached hydrogens (tertiary/aromatic N) is 2. The molecule has 0 aromatic carbocycles. The molecule has 1 aliphatic heterocycles. The highest BCUT2D eigenvalue weighted by molar-refractivity contribution is 4.93. The van der Waals surface area contributed by atoms with Gasteiger partial charge in [0, 0.05) is 11.8 Å². The van der Waals surface area contributed by atoms with E-state index in [-0.39, 0.29) is 13.2 Å². The fraction of sp³-hybridized carbons (Fsp3) is 1.00. The predicted octanol–water partition coefficient (Wildman–Crippen LogP) is 0.265. The van der Waals surface area contributed by atoms with Gasteiger partial charge in [-0.3, -0.25) is 10.1 Å². The summed E-state index contributed by atoms with van der Waals surface area (Å²) < 4.78 is 5.13. The highest BCUT2D eigenvalue weighted by atomic mass is 16.9. The summed E-state index contributed by atoms with van der Waals surface area (Å²) in [7, 11) is 0. The van der Waals surface area contributed by atoms with Gasteiger partial charge in [-0.2, -0.15) is 0 Å². The molecule has 0 radical (unpaired) electrons. The molecule has 0 unspecified atom stereocenters. The summed E-state index contributed by atoms with van der Waals surface area (Å²) in [5, 5.41) is 19.9. The zero-order valence-electron chi connectivity index (χ0n) is 8.41. The summed E-state index contributed by atoms with van der Waals surface area (Å²) in [6.07, 6.45) is -0.576. The van der Waals surface area contributed by atoms with Crippen LogP contribution in [0.3, 0.4) is 0 Å². The molecular weight excluding hydrogens is 208 g/mol. The smallest absolute Gasteiger partial charge is 0.294 e. The first kappa shape index (κ1) is 11.6. The van der Waals surface area contributed by atoms with E-state index in [4.69, 9.17) is 4.74 Å². The van der Waals surface area contributed by atoms with Gasteiger partial charge in [0.1, 0.15) is 12.7 Å².